The Morgan fingerprint density at radius 2 is 2.25 bits per heavy atom. The summed E-state index contributed by atoms with van der Waals surface area (Å²) < 4.78 is 2.62. The number of aliphatic hydroxyl groups is 1. The van der Waals surface area contributed by atoms with Crippen molar-refractivity contribution in [1.29, 1.82) is 0 Å². The highest BCUT2D eigenvalue weighted by atomic mass is 32.1. The van der Waals surface area contributed by atoms with Crippen LogP contribution >= 0.6 is 11.3 Å². The summed E-state index contributed by atoms with van der Waals surface area (Å²) in [5.41, 5.74) is -0.353. The topological polar surface area (TPSA) is 116 Å². The fourth-order valence-corrected chi connectivity index (χ4v) is 3.29. The van der Waals surface area contributed by atoms with Crippen molar-refractivity contribution in [3.8, 4) is 0 Å². The van der Waals surface area contributed by atoms with Gasteiger partial charge in [-0.3, -0.25) is 24.2 Å². The largest absolute Gasteiger partial charge is 0.389 e. The Kier molecular flexibility index (Phi) is 4.40. The molecule has 3 aromatic heterocycles. The minimum absolute atomic E-state index is 0.0345. The SMILES string of the molecule is CCc1cc2c(=O)n(C[C@H](O)Cn3cc([N+](=O)[O-])cn3)cnc2s1. The van der Waals surface area contributed by atoms with Crippen molar-refractivity contribution in [2.24, 2.45) is 0 Å². The smallest absolute Gasteiger partial charge is 0.306 e. The number of aliphatic hydroxyl groups excluding tert-OH is 1. The summed E-state index contributed by atoms with van der Waals surface area (Å²) >= 11 is 1.48. The third-order valence-electron chi connectivity index (χ3n) is 3.55. The van der Waals surface area contributed by atoms with Gasteiger partial charge in [0, 0.05) is 4.88 Å². The standard InChI is InChI=1S/C14H15N5O4S/c1-2-11-3-12-13(24-11)15-8-17(14(12)21)6-10(20)7-18-5-9(4-16-18)19(22)23/h3-5,8,10,20H,2,6-7H2,1H3/t10-/m0/s1. The van der Waals surface area contributed by atoms with E-state index in [0.717, 1.165) is 17.5 Å². The van der Waals surface area contributed by atoms with Gasteiger partial charge in [-0.15, -0.1) is 11.3 Å². The molecule has 0 aromatic carbocycles. The average molecular weight is 349 g/mol. The molecular weight excluding hydrogens is 334 g/mol. The van der Waals surface area contributed by atoms with Crippen molar-refractivity contribution < 1.29 is 10.0 Å². The Morgan fingerprint density at radius 1 is 1.46 bits per heavy atom. The van der Waals surface area contributed by atoms with E-state index in [1.54, 1.807) is 0 Å². The molecule has 24 heavy (non-hydrogen) atoms. The Balaban J connectivity index is 1.77. The molecule has 0 fully saturated rings. The lowest BCUT2D eigenvalue weighted by molar-refractivity contribution is -0.385. The van der Waals surface area contributed by atoms with Crippen LogP contribution in [0.2, 0.25) is 0 Å². The van der Waals surface area contributed by atoms with Crippen LogP contribution in [-0.2, 0) is 19.5 Å². The molecule has 0 radical (unpaired) electrons. The first-order chi connectivity index (χ1) is 11.5. The number of fused-ring (bicyclic) bond motifs is 1. The number of aromatic nitrogens is 4. The van der Waals surface area contributed by atoms with E-state index < -0.39 is 11.0 Å². The van der Waals surface area contributed by atoms with Crippen LogP contribution < -0.4 is 5.56 Å². The molecule has 3 heterocycles. The maximum Gasteiger partial charge on any atom is 0.306 e. The lowest BCUT2D eigenvalue weighted by atomic mass is 10.3. The minimum Gasteiger partial charge on any atom is -0.389 e. The van der Waals surface area contributed by atoms with Gasteiger partial charge >= 0.3 is 5.69 Å². The number of nitrogens with zero attached hydrogens (tertiary/aromatic N) is 5. The summed E-state index contributed by atoms with van der Waals surface area (Å²) in [5, 5.41) is 25.1. The van der Waals surface area contributed by atoms with Gasteiger partial charge in [-0.2, -0.15) is 5.10 Å². The van der Waals surface area contributed by atoms with E-state index in [1.165, 1.54) is 33.1 Å². The van der Waals surface area contributed by atoms with Crippen LogP contribution in [0.5, 0.6) is 0 Å². The summed E-state index contributed by atoms with van der Waals surface area (Å²) in [5.74, 6) is 0. The van der Waals surface area contributed by atoms with Crippen molar-refractivity contribution in [2.45, 2.75) is 32.5 Å². The molecule has 1 N–H and O–H groups in total. The molecule has 0 saturated heterocycles. The molecule has 0 unspecified atom stereocenters. The van der Waals surface area contributed by atoms with Crippen LogP contribution in [0, 0.1) is 10.1 Å². The van der Waals surface area contributed by atoms with Crippen LogP contribution in [0.3, 0.4) is 0 Å². The minimum atomic E-state index is -0.925. The van der Waals surface area contributed by atoms with Gasteiger partial charge in [0.1, 0.15) is 17.2 Å². The average Bonchev–Trinajstić information content (AvgIpc) is 3.17. The normalized spacial score (nSPS) is 12.6. The highest BCUT2D eigenvalue weighted by molar-refractivity contribution is 7.18. The monoisotopic (exact) mass is 349 g/mol. The molecular formula is C14H15N5O4S. The Morgan fingerprint density at radius 3 is 2.92 bits per heavy atom. The van der Waals surface area contributed by atoms with Gasteiger partial charge in [0.2, 0.25) is 0 Å². The van der Waals surface area contributed by atoms with Gasteiger partial charge in [-0.05, 0) is 12.5 Å². The zero-order valence-electron chi connectivity index (χ0n) is 12.8. The number of rotatable bonds is 6. The molecule has 10 heteroatoms. The predicted molar refractivity (Wildman–Crippen MR) is 88.1 cm³/mol. The number of hydrogen-bond donors (Lipinski definition) is 1. The van der Waals surface area contributed by atoms with E-state index >= 15 is 0 Å². The van der Waals surface area contributed by atoms with Gasteiger partial charge in [-0.1, -0.05) is 6.92 Å². The summed E-state index contributed by atoms with van der Waals surface area (Å²) in [6.45, 7) is 2.09. The molecule has 9 nitrogen and oxygen atoms in total. The second-order valence-corrected chi connectivity index (χ2v) is 6.43. The Bertz CT molecular complexity index is 944. The van der Waals surface area contributed by atoms with Gasteiger partial charge in [-0.25, -0.2) is 4.98 Å². The second kappa shape index (κ2) is 6.49. The maximum atomic E-state index is 12.4. The number of nitro groups is 1. The predicted octanol–water partition coefficient (Wildman–Crippen LogP) is 1.19. The summed E-state index contributed by atoms with van der Waals surface area (Å²) in [6.07, 6.45) is 3.67. The zero-order valence-corrected chi connectivity index (χ0v) is 13.6. The van der Waals surface area contributed by atoms with Crippen LogP contribution in [0.1, 0.15) is 11.8 Å². The van der Waals surface area contributed by atoms with Crippen LogP contribution in [-0.4, -0.2) is 35.5 Å². The van der Waals surface area contributed by atoms with Gasteiger partial charge < -0.3 is 5.11 Å². The van der Waals surface area contributed by atoms with E-state index in [9.17, 15) is 20.0 Å². The first-order valence-electron chi connectivity index (χ1n) is 7.30. The molecule has 0 aliphatic carbocycles. The Hall–Kier alpha value is -2.59. The molecule has 3 rings (SSSR count). The summed E-state index contributed by atoms with van der Waals surface area (Å²) in [6, 6.07) is 1.83. The molecule has 0 spiro atoms. The highest BCUT2D eigenvalue weighted by Crippen LogP contribution is 2.21. The van der Waals surface area contributed by atoms with Crippen LogP contribution in [0.4, 0.5) is 5.69 Å². The second-order valence-electron chi connectivity index (χ2n) is 5.32. The molecule has 0 saturated carbocycles. The summed E-state index contributed by atoms with van der Waals surface area (Å²) in [4.78, 5) is 28.5. The molecule has 0 amide bonds. The van der Waals surface area contributed by atoms with Crippen molar-refractivity contribution in [3.63, 3.8) is 0 Å². The van der Waals surface area contributed by atoms with Gasteiger partial charge in [0.15, 0.2) is 0 Å². The maximum absolute atomic E-state index is 12.4. The fourth-order valence-electron chi connectivity index (χ4n) is 2.36. The fraction of sp³-hybridized carbons (Fsp3) is 0.357. The lowest BCUT2D eigenvalue weighted by Crippen LogP contribution is -2.29. The third kappa shape index (κ3) is 3.19. The van der Waals surface area contributed by atoms with Crippen LogP contribution in [0.25, 0.3) is 10.2 Å². The molecule has 0 aliphatic heterocycles. The molecule has 1 atom stereocenters. The van der Waals surface area contributed by atoms with Crippen molar-refractivity contribution >= 4 is 27.2 Å². The van der Waals surface area contributed by atoms with Crippen molar-refractivity contribution in [2.75, 3.05) is 0 Å². The van der Waals surface area contributed by atoms with Gasteiger partial charge in [0.05, 0.1) is 35.8 Å². The quantitative estimate of drug-likeness (QED) is 0.528. The van der Waals surface area contributed by atoms with Crippen molar-refractivity contribution in [1.82, 2.24) is 19.3 Å². The van der Waals surface area contributed by atoms with E-state index in [-0.39, 0.29) is 24.3 Å². The van der Waals surface area contributed by atoms with E-state index in [4.69, 9.17) is 0 Å². The number of thiophene rings is 1. The summed E-state index contributed by atoms with van der Waals surface area (Å²) in [7, 11) is 0. The number of hydrogen-bond acceptors (Lipinski definition) is 7. The first kappa shape index (κ1) is 16.3. The third-order valence-corrected chi connectivity index (χ3v) is 4.74. The van der Waals surface area contributed by atoms with E-state index in [2.05, 4.69) is 10.1 Å². The highest BCUT2D eigenvalue weighted by Gasteiger charge is 2.14. The van der Waals surface area contributed by atoms with E-state index in [0.29, 0.717) is 10.2 Å². The molecule has 126 valence electrons. The molecule has 0 bridgehead atoms. The zero-order chi connectivity index (χ0) is 17.3. The number of aryl methyl sites for hydroxylation is 1. The van der Waals surface area contributed by atoms with Crippen molar-refractivity contribution in [3.05, 3.63) is 50.1 Å². The first-order valence-corrected chi connectivity index (χ1v) is 8.12. The molecule has 3 aromatic rings. The molecule has 0 aliphatic rings. The van der Waals surface area contributed by atoms with Gasteiger partial charge in [0.25, 0.3) is 5.56 Å². The Labute approximate surface area is 140 Å². The van der Waals surface area contributed by atoms with E-state index in [1.807, 2.05) is 13.0 Å². The van der Waals surface area contributed by atoms with Crippen LogP contribution in [0.15, 0.2) is 29.6 Å². The lowest BCUT2D eigenvalue weighted by Gasteiger charge is -2.12.